The molecule has 0 radical (unpaired) electrons. The molecule has 0 spiro atoms. The maximum atomic E-state index is 13.5. The molecule has 3 N–H and O–H groups in total. The molecule has 0 saturated carbocycles. The van der Waals surface area contributed by atoms with Gasteiger partial charge < -0.3 is 25.2 Å². The number of aromatic nitrogens is 4. The summed E-state index contributed by atoms with van der Waals surface area (Å²) in [6.07, 6.45) is -3.87. The van der Waals surface area contributed by atoms with Gasteiger partial charge in [0.05, 0.1) is 32.5 Å². The molecule has 2 aromatic rings. The number of anilines is 3. The highest BCUT2D eigenvalue weighted by Gasteiger charge is 2.38. The number of fused-ring (bicyclic) bond motifs is 4. The Morgan fingerprint density at radius 2 is 2.10 bits per heavy atom. The number of aliphatic hydroxyl groups is 1. The van der Waals surface area contributed by atoms with Gasteiger partial charge in [-0.05, 0) is 13.8 Å². The van der Waals surface area contributed by atoms with E-state index in [4.69, 9.17) is 9.47 Å². The van der Waals surface area contributed by atoms with E-state index in [-0.39, 0.29) is 43.5 Å². The lowest BCUT2D eigenvalue weighted by Gasteiger charge is -2.21. The number of rotatable bonds is 2. The quantitative estimate of drug-likeness (QED) is 0.688. The summed E-state index contributed by atoms with van der Waals surface area (Å²) in [5.41, 5.74) is -0.640. The Bertz CT molecular complexity index is 901. The number of aliphatic hydroxyl groups excluding tert-OH is 1. The first-order valence-corrected chi connectivity index (χ1v) is 9.18. The Morgan fingerprint density at radius 1 is 1.31 bits per heavy atom. The molecule has 0 amide bonds. The summed E-state index contributed by atoms with van der Waals surface area (Å²) in [5, 5.41) is 19.8. The maximum Gasteiger partial charge on any atom is 0.421 e. The fourth-order valence-corrected chi connectivity index (χ4v) is 3.36. The van der Waals surface area contributed by atoms with Gasteiger partial charge in [0, 0.05) is 18.2 Å². The van der Waals surface area contributed by atoms with Gasteiger partial charge in [-0.15, -0.1) is 0 Å². The second-order valence-electron chi connectivity index (χ2n) is 7.26. The molecule has 2 aliphatic rings. The molecule has 1 saturated heterocycles. The van der Waals surface area contributed by atoms with Crippen LogP contribution in [0.3, 0.4) is 0 Å². The zero-order valence-corrected chi connectivity index (χ0v) is 15.8. The van der Waals surface area contributed by atoms with Crippen LogP contribution in [0.5, 0.6) is 5.75 Å². The SMILES string of the molecule is CC(C)n1nc(CO)c2c1Nc1ncc(C(F)(F)F)c(n1)N[C@@H]1COC[C@H]1CO2. The minimum Gasteiger partial charge on any atom is -0.487 e. The Balaban J connectivity index is 1.85. The van der Waals surface area contributed by atoms with Crippen molar-refractivity contribution in [1.82, 2.24) is 19.7 Å². The van der Waals surface area contributed by atoms with E-state index in [9.17, 15) is 18.3 Å². The van der Waals surface area contributed by atoms with Crippen LogP contribution in [0.25, 0.3) is 0 Å². The van der Waals surface area contributed by atoms with Gasteiger partial charge in [0.2, 0.25) is 5.95 Å². The minimum absolute atomic E-state index is 0.0472. The van der Waals surface area contributed by atoms with Crippen LogP contribution in [-0.2, 0) is 17.5 Å². The smallest absolute Gasteiger partial charge is 0.421 e. The fraction of sp³-hybridized carbons (Fsp3) is 0.588. The van der Waals surface area contributed by atoms with Crippen LogP contribution >= 0.6 is 0 Å². The molecule has 0 aromatic carbocycles. The number of alkyl halides is 3. The van der Waals surface area contributed by atoms with Gasteiger partial charge in [-0.25, -0.2) is 9.67 Å². The zero-order chi connectivity index (χ0) is 20.8. The molecule has 9 nitrogen and oxygen atoms in total. The third kappa shape index (κ3) is 3.69. The summed E-state index contributed by atoms with van der Waals surface area (Å²) >= 11 is 0. The van der Waals surface area contributed by atoms with Crippen molar-refractivity contribution in [3.8, 4) is 5.75 Å². The van der Waals surface area contributed by atoms with Crippen molar-refractivity contribution >= 4 is 17.6 Å². The van der Waals surface area contributed by atoms with E-state index >= 15 is 0 Å². The van der Waals surface area contributed by atoms with Crippen LogP contribution in [-0.4, -0.2) is 50.7 Å². The first-order valence-electron chi connectivity index (χ1n) is 9.18. The van der Waals surface area contributed by atoms with Crippen molar-refractivity contribution in [2.45, 2.75) is 38.7 Å². The lowest BCUT2D eigenvalue weighted by Crippen LogP contribution is -2.33. The summed E-state index contributed by atoms with van der Waals surface area (Å²) in [6.45, 7) is 4.13. The van der Waals surface area contributed by atoms with E-state index in [0.29, 0.717) is 23.9 Å². The Hall–Kier alpha value is -2.60. The Morgan fingerprint density at radius 3 is 2.79 bits per heavy atom. The number of hydrogen-bond acceptors (Lipinski definition) is 8. The molecule has 158 valence electrons. The van der Waals surface area contributed by atoms with Crippen molar-refractivity contribution < 1.29 is 27.8 Å². The molecule has 2 bridgehead atoms. The second-order valence-corrected chi connectivity index (χ2v) is 7.26. The minimum atomic E-state index is -4.61. The van der Waals surface area contributed by atoms with E-state index in [1.54, 1.807) is 4.68 Å². The van der Waals surface area contributed by atoms with Crippen molar-refractivity contribution in [3.05, 3.63) is 17.5 Å². The predicted octanol–water partition coefficient (Wildman–Crippen LogP) is 2.33. The van der Waals surface area contributed by atoms with Gasteiger partial charge >= 0.3 is 6.18 Å². The monoisotopic (exact) mass is 414 g/mol. The van der Waals surface area contributed by atoms with Gasteiger partial charge in [-0.2, -0.15) is 23.3 Å². The van der Waals surface area contributed by atoms with E-state index in [2.05, 4.69) is 25.7 Å². The van der Waals surface area contributed by atoms with Crippen LogP contribution in [0, 0.1) is 5.92 Å². The largest absolute Gasteiger partial charge is 0.487 e. The molecule has 0 aliphatic carbocycles. The molecule has 4 heterocycles. The molecular formula is C17H21F3N6O3. The second kappa shape index (κ2) is 7.34. The fourth-order valence-electron chi connectivity index (χ4n) is 3.36. The molecule has 2 atom stereocenters. The first-order chi connectivity index (χ1) is 13.8. The van der Waals surface area contributed by atoms with Crippen molar-refractivity contribution in [1.29, 1.82) is 0 Å². The highest BCUT2D eigenvalue weighted by molar-refractivity contribution is 5.62. The van der Waals surface area contributed by atoms with Gasteiger partial charge in [0.1, 0.15) is 17.1 Å². The summed E-state index contributed by atoms with van der Waals surface area (Å²) < 4.78 is 53.3. The Kier molecular flexibility index (Phi) is 4.99. The van der Waals surface area contributed by atoms with E-state index in [1.165, 1.54) is 0 Å². The maximum absolute atomic E-state index is 13.5. The van der Waals surface area contributed by atoms with E-state index in [1.807, 2.05) is 13.8 Å². The number of ether oxygens (including phenoxy) is 2. The lowest BCUT2D eigenvalue weighted by atomic mass is 10.0. The molecule has 0 unspecified atom stereocenters. The molecule has 1 fully saturated rings. The molecule has 2 aliphatic heterocycles. The van der Waals surface area contributed by atoms with Gasteiger partial charge in [-0.3, -0.25) is 0 Å². The zero-order valence-electron chi connectivity index (χ0n) is 15.8. The third-order valence-corrected chi connectivity index (χ3v) is 4.86. The highest BCUT2D eigenvalue weighted by Crippen LogP contribution is 2.38. The van der Waals surface area contributed by atoms with Crippen LogP contribution < -0.4 is 15.4 Å². The molecular weight excluding hydrogens is 393 g/mol. The lowest BCUT2D eigenvalue weighted by molar-refractivity contribution is -0.137. The first kappa shape index (κ1) is 19.7. The third-order valence-electron chi connectivity index (χ3n) is 4.86. The predicted molar refractivity (Wildman–Crippen MR) is 96.1 cm³/mol. The van der Waals surface area contributed by atoms with Crippen molar-refractivity contribution in [2.24, 2.45) is 5.92 Å². The standard InChI is InChI=1S/C17H21F3N6O3/c1-8(2)26-15-13(11(4-27)25-26)29-6-9-5-28-7-12(9)22-14-10(17(18,19)20)3-21-16(23-14)24-15/h3,8-9,12,27H,4-7H2,1-2H3,(H2,21,22,23,24)/t9-,12+/m0/s1. The summed E-state index contributed by atoms with van der Waals surface area (Å²) in [4.78, 5) is 7.90. The Labute approximate surface area is 164 Å². The highest BCUT2D eigenvalue weighted by atomic mass is 19.4. The average molecular weight is 414 g/mol. The number of hydrogen-bond donors (Lipinski definition) is 3. The normalized spacial score (nSPS) is 21.5. The average Bonchev–Trinajstić information content (AvgIpc) is 3.22. The van der Waals surface area contributed by atoms with Crippen molar-refractivity contribution in [2.75, 3.05) is 30.5 Å². The summed E-state index contributed by atoms with van der Waals surface area (Å²) in [6, 6.07) is -0.530. The van der Waals surface area contributed by atoms with E-state index < -0.39 is 17.8 Å². The summed E-state index contributed by atoms with van der Waals surface area (Å²) in [7, 11) is 0. The van der Waals surface area contributed by atoms with Crippen molar-refractivity contribution in [3.63, 3.8) is 0 Å². The van der Waals surface area contributed by atoms with Gasteiger partial charge in [0.15, 0.2) is 11.6 Å². The van der Waals surface area contributed by atoms with Gasteiger partial charge in [0.25, 0.3) is 0 Å². The molecule has 29 heavy (non-hydrogen) atoms. The van der Waals surface area contributed by atoms with E-state index in [0.717, 1.165) is 6.20 Å². The molecule has 4 rings (SSSR count). The molecule has 2 aromatic heterocycles. The van der Waals surface area contributed by atoms with Gasteiger partial charge in [-0.1, -0.05) is 0 Å². The molecule has 12 heteroatoms. The van der Waals surface area contributed by atoms with Crippen LogP contribution in [0.15, 0.2) is 6.20 Å². The topological polar surface area (TPSA) is 106 Å². The number of nitrogens with one attached hydrogen (secondary N) is 2. The number of nitrogens with zero attached hydrogens (tertiary/aromatic N) is 4. The summed E-state index contributed by atoms with van der Waals surface area (Å²) in [5.74, 6) is 0.103. The van der Waals surface area contributed by atoms with Crippen LogP contribution in [0.1, 0.15) is 31.1 Å². The van der Waals surface area contributed by atoms with Crippen LogP contribution in [0.2, 0.25) is 0 Å². The number of halogens is 3. The van der Waals surface area contributed by atoms with Crippen LogP contribution in [0.4, 0.5) is 30.8 Å².